The van der Waals surface area contributed by atoms with E-state index in [-0.39, 0.29) is 5.91 Å². The number of amides is 1. The lowest BCUT2D eigenvalue weighted by Gasteiger charge is -2.46. The van der Waals surface area contributed by atoms with Crippen LogP contribution >= 0.6 is 0 Å². The van der Waals surface area contributed by atoms with Crippen molar-refractivity contribution in [3.8, 4) is 11.5 Å². The summed E-state index contributed by atoms with van der Waals surface area (Å²) >= 11 is 0. The number of piperidine rings is 1. The number of rotatable bonds is 7. The molecule has 1 N–H and O–H groups in total. The minimum Gasteiger partial charge on any atom is -0.493 e. The lowest BCUT2D eigenvalue weighted by Crippen LogP contribution is -2.61. The maximum Gasteiger partial charge on any atom is 0.256 e. The zero-order valence-electron chi connectivity index (χ0n) is 17.0. The van der Waals surface area contributed by atoms with Crippen LogP contribution in [0.25, 0.3) is 0 Å². The Labute approximate surface area is 170 Å². The average molecular weight is 400 g/mol. The first-order valence-corrected chi connectivity index (χ1v) is 9.97. The van der Waals surface area contributed by atoms with Crippen LogP contribution in [0.3, 0.4) is 0 Å². The van der Waals surface area contributed by atoms with Gasteiger partial charge in [0.15, 0.2) is 17.1 Å². The third-order valence-corrected chi connectivity index (χ3v) is 5.87. The Kier molecular flexibility index (Phi) is 5.47. The van der Waals surface area contributed by atoms with Crippen molar-refractivity contribution in [1.82, 2.24) is 19.6 Å². The Morgan fingerprint density at radius 2 is 2.07 bits per heavy atom. The number of likely N-dealkylation sites (tertiary alicyclic amines) is 2. The monoisotopic (exact) mass is 400 g/mol. The smallest absolute Gasteiger partial charge is 0.256 e. The molecule has 1 aromatic heterocycles. The number of hydrogen-bond acceptors (Lipinski definition) is 6. The zero-order chi connectivity index (χ0) is 20.4. The molecule has 1 atom stereocenters. The highest BCUT2D eigenvalue weighted by atomic mass is 16.5. The Balaban J connectivity index is 1.41. The fraction of sp³-hybridized carbons (Fsp3) is 0.524. The van der Waals surface area contributed by atoms with Crippen LogP contribution in [0.4, 0.5) is 0 Å². The largest absolute Gasteiger partial charge is 0.493 e. The van der Waals surface area contributed by atoms with Crippen molar-refractivity contribution < 1.29 is 19.4 Å². The first kappa shape index (κ1) is 19.7. The van der Waals surface area contributed by atoms with Crippen molar-refractivity contribution in [2.75, 3.05) is 40.4 Å². The van der Waals surface area contributed by atoms with Crippen LogP contribution in [-0.2, 0) is 11.3 Å². The fourth-order valence-corrected chi connectivity index (χ4v) is 4.35. The van der Waals surface area contributed by atoms with Crippen LogP contribution in [0.1, 0.15) is 24.4 Å². The number of carbonyl (C=O) groups excluding carboxylic acids is 1. The first-order chi connectivity index (χ1) is 14.0. The highest BCUT2D eigenvalue weighted by molar-refractivity contribution is 5.86. The molecule has 0 spiro atoms. The van der Waals surface area contributed by atoms with E-state index in [1.165, 1.54) is 0 Å². The molecule has 0 saturated carbocycles. The molecule has 4 rings (SSSR count). The molecule has 2 aromatic rings. The summed E-state index contributed by atoms with van der Waals surface area (Å²) in [5, 5.41) is 15.4. The molecule has 1 unspecified atom stereocenters. The van der Waals surface area contributed by atoms with E-state index in [1.54, 1.807) is 25.3 Å². The van der Waals surface area contributed by atoms with Crippen LogP contribution < -0.4 is 9.47 Å². The summed E-state index contributed by atoms with van der Waals surface area (Å²) < 4.78 is 12.8. The quantitative estimate of drug-likeness (QED) is 0.755. The molecule has 0 radical (unpaired) electrons. The van der Waals surface area contributed by atoms with Gasteiger partial charge in [0.2, 0.25) is 0 Å². The van der Waals surface area contributed by atoms with Gasteiger partial charge < -0.3 is 19.5 Å². The highest BCUT2D eigenvalue weighted by Crippen LogP contribution is 2.34. The number of aromatic nitrogens is 2. The molecule has 3 heterocycles. The van der Waals surface area contributed by atoms with Gasteiger partial charge >= 0.3 is 0 Å². The van der Waals surface area contributed by atoms with E-state index in [4.69, 9.17) is 9.47 Å². The topological polar surface area (TPSA) is 80.1 Å². The van der Waals surface area contributed by atoms with Crippen LogP contribution in [0, 0.1) is 0 Å². The van der Waals surface area contributed by atoms with Gasteiger partial charge in [-0.3, -0.25) is 14.4 Å². The second-order valence-corrected chi connectivity index (χ2v) is 7.85. The number of methoxy groups -OCH3 is 2. The lowest BCUT2D eigenvalue weighted by molar-refractivity contribution is -0.162. The maximum absolute atomic E-state index is 13.2. The van der Waals surface area contributed by atoms with Gasteiger partial charge in [-0.25, -0.2) is 0 Å². The molecule has 8 heteroatoms. The number of aliphatic hydroxyl groups is 1. The van der Waals surface area contributed by atoms with Gasteiger partial charge in [0.05, 0.1) is 20.3 Å². The molecule has 2 saturated heterocycles. The van der Waals surface area contributed by atoms with Crippen molar-refractivity contribution in [2.24, 2.45) is 0 Å². The predicted molar refractivity (Wildman–Crippen MR) is 107 cm³/mol. The SMILES string of the molecule is COc1cccc(CN2CCCC(O)(CN3CC(n4cccn4)C3)C2=O)c1OC. The summed E-state index contributed by atoms with van der Waals surface area (Å²) in [5.41, 5.74) is -0.480. The van der Waals surface area contributed by atoms with Gasteiger partial charge in [-0.05, 0) is 25.0 Å². The van der Waals surface area contributed by atoms with Crippen LogP contribution in [0.15, 0.2) is 36.7 Å². The Morgan fingerprint density at radius 1 is 1.24 bits per heavy atom. The number of nitrogens with zero attached hydrogens (tertiary/aromatic N) is 4. The van der Waals surface area contributed by atoms with E-state index in [9.17, 15) is 9.90 Å². The van der Waals surface area contributed by atoms with E-state index in [1.807, 2.05) is 35.1 Å². The van der Waals surface area contributed by atoms with Crippen molar-refractivity contribution in [3.63, 3.8) is 0 Å². The summed E-state index contributed by atoms with van der Waals surface area (Å²) in [6.45, 7) is 2.95. The van der Waals surface area contributed by atoms with Gasteiger partial charge in [-0.15, -0.1) is 0 Å². The van der Waals surface area contributed by atoms with Gasteiger partial charge in [0.25, 0.3) is 5.91 Å². The number of para-hydroxylation sites is 1. The van der Waals surface area contributed by atoms with Crippen molar-refractivity contribution in [1.29, 1.82) is 0 Å². The van der Waals surface area contributed by atoms with Crippen molar-refractivity contribution in [3.05, 3.63) is 42.2 Å². The van der Waals surface area contributed by atoms with Crippen LogP contribution in [-0.4, -0.2) is 76.6 Å². The molecule has 29 heavy (non-hydrogen) atoms. The van der Waals surface area contributed by atoms with Gasteiger partial charge in [0, 0.05) is 50.7 Å². The number of ether oxygens (including phenoxy) is 2. The summed E-state index contributed by atoms with van der Waals surface area (Å²) in [6.07, 6.45) is 4.97. The lowest BCUT2D eigenvalue weighted by atomic mass is 9.89. The summed E-state index contributed by atoms with van der Waals surface area (Å²) in [7, 11) is 3.19. The second-order valence-electron chi connectivity index (χ2n) is 7.85. The average Bonchev–Trinajstić information content (AvgIpc) is 3.22. The van der Waals surface area contributed by atoms with E-state index >= 15 is 0 Å². The molecular formula is C21H28N4O4. The van der Waals surface area contributed by atoms with Crippen LogP contribution in [0.2, 0.25) is 0 Å². The van der Waals surface area contributed by atoms with E-state index < -0.39 is 5.60 Å². The fourth-order valence-electron chi connectivity index (χ4n) is 4.35. The highest BCUT2D eigenvalue weighted by Gasteiger charge is 2.45. The Hall–Kier alpha value is -2.58. The first-order valence-electron chi connectivity index (χ1n) is 9.97. The summed E-state index contributed by atoms with van der Waals surface area (Å²) in [4.78, 5) is 17.0. The third kappa shape index (κ3) is 3.82. The second kappa shape index (κ2) is 8.04. The van der Waals surface area contributed by atoms with E-state index in [0.29, 0.717) is 43.6 Å². The third-order valence-electron chi connectivity index (χ3n) is 5.87. The standard InChI is InChI=1S/C21H28N4O4/c1-28-18-7-3-6-16(19(18)29-2)12-24-10-4-8-21(27,20(24)26)15-23-13-17(14-23)25-11-5-9-22-25/h3,5-7,9,11,17,27H,4,8,10,12-15H2,1-2H3. The van der Waals surface area contributed by atoms with Crippen LogP contribution in [0.5, 0.6) is 11.5 Å². The zero-order valence-corrected chi connectivity index (χ0v) is 17.0. The van der Waals surface area contributed by atoms with Gasteiger partial charge in [-0.2, -0.15) is 5.10 Å². The Bertz CT molecular complexity index is 850. The minimum atomic E-state index is -1.35. The predicted octanol–water partition coefficient (Wildman–Crippen LogP) is 1.31. The van der Waals surface area contributed by atoms with E-state index in [2.05, 4.69) is 10.00 Å². The summed E-state index contributed by atoms with van der Waals surface area (Å²) in [5.74, 6) is 1.05. The minimum absolute atomic E-state index is 0.212. The molecule has 1 amide bonds. The number of β-amino-alcohol motifs (C(OH)–C–C–N with tert-alkyl or cyclic N) is 1. The number of carbonyl (C=O) groups is 1. The molecular weight excluding hydrogens is 372 g/mol. The molecule has 0 bridgehead atoms. The van der Waals surface area contributed by atoms with Gasteiger partial charge in [-0.1, -0.05) is 12.1 Å². The maximum atomic E-state index is 13.2. The molecule has 2 aliphatic heterocycles. The van der Waals surface area contributed by atoms with Crippen molar-refractivity contribution in [2.45, 2.75) is 31.0 Å². The normalized spacial score (nSPS) is 23.1. The molecule has 0 aliphatic carbocycles. The molecule has 8 nitrogen and oxygen atoms in total. The summed E-state index contributed by atoms with van der Waals surface area (Å²) in [6, 6.07) is 7.85. The van der Waals surface area contributed by atoms with Crippen molar-refractivity contribution >= 4 is 5.91 Å². The number of hydrogen-bond donors (Lipinski definition) is 1. The van der Waals surface area contributed by atoms with Gasteiger partial charge in [0.1, 0.15) is 0 Å². The molecule has 1 aromatic carbocycles. The molecule has 156 valence electrons. The Morgan fingerprint density at radius 3 is 2.76 bits per heavy atom. The number of benzene rings is 1. The molecule has 2 aliphatic rings. The molecule has 2 fully saturated rings. The van der Waals surface area contributed by atoms with E-state index in [0.717, 1.165) is 25.1 Å².